The van der Waals surface area contributed by atoms with Gasteiger partial charge in [0.25, 0.3) is 11.8 Å². The summed E-state index contributed by atoms with van der Waals surface area (Å²) in [6.07, 6.45) is 1.05. The molecule has 34 heavy (non-hydrogen) atoms. The molecule has 2 fully saturated rings. The number of fused-ring (bicyclic) bond motifs is 1. The van der Waals surface area contributed by atoms with Gasteiger partial charge in [-0.25, -0.2) is 4.79 Å². The lowest BCUT2D eigenvalue weighted by Gasteiger charge is -2.40. The molecule has 4 amide bonds. The molecule has 0 aromatic heterocycles. The van der Waals surface area contributed by atoms with Gasteiger partial charge in [-0.15, -0.1) is 0 Å². The monoisotopic (exact) mass is 481 g/mol. The van der Waals surface area contributed by atoms with Gasteiger partial charge in [0, 0.05) is 48.0 Å². The molecule has 3 aliphatic rings. The van der Waals surface area contributed by atoms with E-state index < -0.39 is 17.5 Å². The van der Waals surface area contributed by atoms with Crippen molar-refractivity contribution in [1.29, 1.82) is 0 Å². The fraction of sp³-hybridized carbons (Fsp3) is 0.400. The Kier molecular flexibility index (Phi) is 5.73. The van der Waals surface area contributed by atoms with Crippen molar-refractivity contribution in [2.24, 2.45) is 0 Å². The fourth-order valence-electron chi connectivity index (χ4n) is 5.15. The highest BCUT2D eigenvalue weighted by Crippen LogP contribution is 2.33. The third-order valence-electron chi connectivity index (χ3n) is 7.16. The molecule has 9 heteroatoms. The van der Waals surface area contributed by atoms with E-state index in [1.54, 1.807) is 17.0 Å². The number of amides is 4. The van der Waals surface area contributed by atoms with Crippen molar-refractivity contribution < 1.29 is 14.4 Å². The maximum absolute atomic E-state index is 13.1. The standard InChI is InChI=1S/C25H28ClN5O3/c1-3-19-13-31(15(2)11-27-19)20-8-5-17(6-9-20)25(23(33)28-24(34)29-25)14-30-12-16-4-7-18(26)10-21(16)22(30)32/h4-10,15,19,27H,3,11-14H2,1-2H3,(H2,28,29,33,34)/t15-,19+,25+/m1/s1. The van der Waals surface area contributed by atoms with Gasteiger partial charge >= 0.3 is 6.03 Å². The predicted octanol–water partition coefficient (Wildman–Crippen LogP) is 2.61. The summed E-state index contributed by atoms with van der Waals surface area (Å²) in [7, 11) is 0. The fourth-order valence-corrected chi connectivity index (χ4v) is 5.32. The molecule has 0 unspecified atom stereocenters. The molecular weight excluding hydrogens is 454 g/mol. The zero-order valence-electron chi connectivity index (χ0n) is 19.2. The minimum atomic E-state index is -1.36. The summed E-state index contributed by atoms with van der Waals surface area (Å²) in [6.45, 7) is 6.54. The van der Waals surface area contributed by atoms with Crippen LogP contribution in [0.15, 0.2) is 42.5 Å². The Labute approximate surface area is 203 Å². The average Bonchev–Trinajstić information content (AvgIpc) is 3.29. The smallest absolute Gasteiger partial charge is 0.322 e. The van der Waals surface area contributed by atoms with Gasteiger partial charge < -0.3 is 20.4 Å². The molecule has 178 valence electrons. The predicted molar refractivity (Wildman–Crippen MR) is 130 cm³/mol. The number of imide groups is 1. The van der Waals surface area contributed by atoms with Crippen LogP contribution >= 0.6 is 11.6 Å². The number of hydrogen-bond donors (Lipinski definition) is 3. The van der Waals surface area contributed by atoms with Gasteiger partial charge in [-0.1, -0.05) is 36.7 Å². The number of nitrogens with one attached hydrogen (secondary N) is 3. The zero-order valence-corrected chi connectivity index (χ0v) is 20.0. The van der Waals surface area contributed by atoms with Crippen LogP contribution in [0, 0.1) is 0 Å². The van der Waals surface area contributed by atoms with Gasteiger partial charge in [0.05, 0.1) is 6.54 Å². The summed E-state index contributed by atoms with van der Waals surface area (Å²) < 4.78 is 0. The largest absolute Gasteiger partial charge is 0.366 e. The summed E-state index contributed by atoms with van der Waals surface area (Å²) in [5.74, 6) is -0.670. The number of piperazine rings is 1. The Morgan fingerprint density at radius 3 is 2.56 bits per heavy atom. The molecule has 0 aliphatic carbocycles. The van der Waals surface area contributed by atoms with Crippen LogP contribution in [0.2, 0.25) is 5.02 Å². The van der Waals surface area contributed by atoms with Gasteiger partial charge in [0.2, 0.25) is 0 Å². The second-order valence-corrected chi connectivity index (χ2v) is 9.77. The van der Waals surface area contributed by atoms with Gasteiger partial charge in [-0.05, 0) is 48.7 Å². The van der Waals surface area contributed by atoms with E-state index in [9.17, 15) is 14.4 Å². The lowest BCUT2D eigenvalue weighted by molar-refractivity contribution is -0.124. The van der Waals surface area contributed by atoms with Crippen LogP contribution in [0.5, 0.6) is 0 Å². The minimum absolute atomic E-state index is 0.0248. The number of halogens is 1. The van der Waals surface area contributed by atoms with E-state index in [0.29, 0.717) is 34.8 Å². The third kappa shape index (κ3) is 3.80. The molecule has 0 bridgehead atoms. The Morgan fingerprint density at radius 1 is 1.12 bits per heavy atom. The van der Waals surface area contributed by atoms with E-state index in [4.69, 9.17) is 11.6 Å². The SMILES string of the molecule is CC[C@H]1CN(c2ccc([C@]3(CN4Cc5ccc(Cl)cc5C4=O)NC(=O)NC3=O)cc2)[C@H](C)CN1. The number of carbonyl (C=O) groups is 3. The quantitative estimate of drug-likeness (QED) is 0.571. The van der Waals surface area contributed by atoms with Crippen molar-refractivity contribution in [1.82, 2.24) is 20.9 Å². The molecule has 5 rings (SSSR count). The molecule has 3 atom stereocenters. The summed E-state index contributed by atoms with van der Waals surface area (Å²) in [4.78, 5) is 42.3. The molecular formula is C25H28ClN5O3. The van der Waals surface area contributed by atoms with Crippen molar-refractivity contribution in [3.05, 3.63) is 64.2 Å². The first kappa shape index (κ1) is 22.7. The van der Waals surface area contributed by atoms with Crippen LogP contribution in [0.3, 0.4) is 0 Å². The van der Waals surface area contributed by atoms with Crippen molar-refractivity contribution in [2.75, 3.05) is 24.5 Å². The Morgan fingerprint density at radius 2 is 1.88 bits per heavy atom. The molecule has 3 aliphatic heterocycles. The van der Waals surface area contributed by atoms with Crippen LogP contribution in [0.4, 0.5) is 10.5 Å². The number of urea groups is 1. The topological polar surface area (TPSA) is 93.8 Å². The Balaban J connectivity index is 1.44. The van der Waals surface area contributed by atoms with Gasteiger partial charge in [-0.2, -0.15) is 0 Å². The van der Waals surface area contributed by atoms with Gasteiger partial charge in [0.15, 0.2) is 5.54 Å². The van der Waals surface area contributed by atoms with E-state index in [1.165, 1.54) is 0 Å². The first-order chi connectivity index (χ1) is 16.3. The van der Waals surface area contributed by atoms with Crippen molar-refractivity contribution in [3.8, 4) is 0 Å². The van der Waals surface area contributed by atoms with Gasteiger partial charge in [-0.3, -0.25) is 14.9 Å². The number of anilines is 1. The Hall–Kier alpha value is -3.10. The molecule has 3 N–H and O–H groups in total. The maximum atomic E-state index is 13.1. The maximum Gasteiger partial charge on any atom is 0.322 e. The van der Waals surface area contributed by atoms with Crippen molar-refractivity contribution in [3.63, 3.8) is 0 Å². The zero-order chi connectivity index (χ0) is 24.0. The van der Waals surface area contributed by atoms with E-state index in [-0.39, 0.29) is 12.5 Å². The van der Waals surface area contributed by atoms with Crippen LogP contribution in [-0.2, 0) is 16.9 Å². The lowest BCUT2D eigenvalue weighted by Crippen LogP contribution is -2.55. The molecule has 0 radical (unpaired) electrons. The molecule has 8 nitrogen and oxygen atoms in total. The van der Waals surface area contributed by atoms with E-state index in [0.717, 1.165) is 30.8 Å². The van der Waals surface area contributed by atoms with Crippen LogP contribution in [0.25, 0.3) is 0 Å². The highest BCUT2D eigenvalue weighted by molar-refractivity contribution is 6.31. The molecule has 2 aromatic carbocycles. The molecule has 3 heterocycles. The third-order valence-corrected chi connectivity index (χ3v) is 7.39. The number of rotatable bonds is 5. The summed E-state index contributed by atoms with van der Waals surface area (Å²) in [6, 6.07) is 13.1. The van der Waals surface area contributed by atoms with Crippen molar-refractivity contribution in [2.45, 2.75) is 44.4 Å². The first-order valence-electron chi connectivity index (χ1n) is 11.6. The second-order valence-electron chi connectivity index (χ2n) is 9.34. The van der Waals surface area contributed by atoms with Crippen LogP contribution in [0.1, 0.15) is 41.8 Å². The molecule has 2 aromatic rings. The van der Waals surface area contributed by atoms with E-state index in [1.807, 2.05) is 30.3 Å². The summed E-state index contributed by atoms with van der Waals surface area (Å²) in [5.41, 5.74) is 1.72. The van der Waals surface area contributed by atoms with Gasteiger partial charge in [0.1, 0.15) is 0 Å². The highest BCUT2D eigenvalue weighted by atomic mass is 35.5. The first-order valence-corrected chi connectivity index (χ1v) is 12.0. The molecule has 0 spiro atoms. The second kappa shape index (κ2) is 8.60. The molecule has 0 saturated carbocycles. The number of benzene rings is 2. The minimum Gasteiger partial charge on any atom is -0.366 e. The molecule has 2 saturated heterocycles. The van der Waals surface area contributed by atoms with E-state index >= 15 is 0 Å². The van der Waals surface area contributed by atoms with Crippen molar-refractivity contribution >= 4 is 35.1 Å². The van der Waals surface area contributed by atoms with Crippen LogP contribution < -0.4 is 20.9 Å². The average molecular weight is 482 g/mol. The summed E-state index contributed by atoms with van der Waals surface area (Å²) >= 11 is 6.08. The van der Waals surface area contributed by atoms with E-state index in [2.05, 4.69) is 34.7 Å². The number of hydrogen-bond acceptors (Lipinski definition) is 5. The lowest BCUT2D eigenvalue weighted by atomic mass is 9.88. The van der Waals surface area contributed by atoms with Crippen LogP contribution in [-0.4, -0.2) is 54.5 Å². The number of carbonyl (C=O) groups excluding carboxylic acids is 3. The number of nitrogens with zero attached hydrogens (tertiary/aromatic N) is 2. The normalized spacial score (nSPS) is 26.5. The highest BCUT2D eigenvalue weighted by Gasteiger charge is 2.50. The Bertz CT molecular complexity index is 1150. The summed E-state index contributed by atoms with van der Waals surface area (Å²) in [5, 5.41) is 9.20.